The van der Waals surface area contributed by atoms with Crippen molar-refractivity contribution >= 4 is 0 Å². The van der Waals surface area contributed by atoms with Crippen molar-refractivity contribution in [2.45, 2.75) is 39.0 Å². The molecule has 1 aliphatic rings. The van der Waals surface area contributed by atoms with E-state index in [9.17, 15) is 0 Å². The first-order chi connectivity index (χ1) is 5.42. The molecule has 0 spiro atoms. The summed E-state index contributed by atoms with van der Waals surface area (Å²) in [6.45, 7) is 2.25. The molecule has 0 aromatic heterocycles. The molecule has 2 rings (SSSR count). The average molecular weight is 240 g/mol. The molecule has 0 atom stereocenters. The Morgan fingerprint density at radius 2 is 1.73 bits per heavy atom. The Morgan fingerprint density at radius 3 is 2.33 bits per heavy atom. The van der Waals surface area contributed by atoms with Crippen molar-refractivity contribution in [3.05, 3.63) is 51.1 Å². The van der Waals surface area contributed by atoms with Crippen molar-refractivity contribution in [2.24, 2.45) is 0 Å². The standard InChI is InChI=1S/C11H15.3CH3.Ti/c1-2-9-7-8-10-5-3-4-6-11(9)10;;;;/h7-8H,2-6H2,1H3;3*1H3;/q4*-1;+4. The Kier molecular flexibility index (Phi) is 12.7. The molecule has 1 aromatic rings. The zero-order chi connectivity index (χ0) is 7.68. The van der Waals surface area contributed by atoms with Crippen LogP contribution in [0.1, 0.15) is 36.5 Å². The van der Waals surface area contributed by atoms with Crippen molar-refractivity contribution in [1.29, 1.82) is 0 Å². The molecule has 1 heteroatoms. The summed E-state index contributed by atoms with van der Waals surface area (Å²) in [5.74, 6) is 0. The van der Waals surface area contributed by atoms with Gasteiger partial charge in [-0.25, -0.2) is 0 Å². The second-order valence-corrected chi connectivity index (χ2v) is 3.42. The van der Waals surface area contributed by atoms with Crippen LogP contribution in [0.2, 0.25) is 0 Å². The number of aryl methyl sites for hydroxylation is 2. The van der Waals surface area contributed by atoms with Crippen LogP contribution in [0.15, 0.2) is 12.1 Å². The minimum Gasteiger partial charge on any atom is -0.358 e. The molecule has 84 valence electrons. The van der Waals surface area contributed by atoms with E-state index in [0.29, 0.717) is 0 Å². The largest absolute Gasteiger partial charge is 4.00 e. The van der Waals surface area contributed by atoms with E-state index in [1.165, 1.54) is 32.1 Å². The molecule has 0 aliphatic heterocycles. The first-order valence-corrected chi connectivity index (χ1v) is 4.68. The summed E-state index contributed by atoms with van der Waals surface area (Å²) in [5, 5.41) is 0. The van der Waals surface area contributed by atoms with Gasteiger partial charge in [0.05, 0.1) is 0 Å². The van der Waals surface area contributed by atoms with Crippen LogP contribution in [0, 0.1) is 22.3 Å². The fourth-order valence-corrected chi connectivity index (χ4v) is 2.11. The Labute approximate surface area is 112 Å². The maximum atomic E-state index is 2.33. The topological polar surface area (TPSA) is 0 Å². The Bertz CT molecular complexity index is 234. The maximum Gasteiger partial charge on any atom is 4.00 e. The zero-order valence-corrected chi connectivity index (χ0v) is 12.3. The molecule has 0 amide bonds. The third-order valence-electron chi connectivity index (χ3n) is 2.76. The first kappa shape index (κ1) is 20.5. The quantitative estimate of drug-likeness (QED) is 0.510. The van der Waals surface area contributed by atoms with E-state index in [1.54, 1.807) is 16.7 Å². The molecular weight excluding hydrogens is 216 g/mol. The molecular formula is C14H24Ti. The van der Waals surface area contributed by atoms with Gasteiger partial charge in [0.15, 0.2) is 0 Å². The van der Waals surface area contributed by atoms with Crippen LogP contribution in [0.25, 0.3) is 0 Å². The van der Waals surface area contributed by atoms with E-state index < -0.39 is 0 Å². The molecule has 0 bridgehead atoms. The minimum atomic E-state index is 0. The molecule has 0 saturated heterocycles. The van der Waals surface area contributed by atoms with E-state index >= 15 is 0 Å². The number of hydrogen-bond acceptors (Lipinski definition) is 0. The van der Waals surface area contributed by atoms with Crippen LogP contribution in [0.3, 0.4) is 0 Å². The first-order valence-electron chi connectivity index (χ1n) is 4.68. The summed E-state index contributed by atoms with van der Waals surface area (Å²) >= 11 is 0. The second kappa shape index (κ2) is 9.30. The van der Waals surface area contributed by atoms with Gasteiger partial charge in [0.2, 0.25) is 0 Å². The molecule has 0 unspecified atom stereocenters. The molecule has 0 saturated carbocycles. The molecule has 0 nitrogen and oxygen atoms in total. The van der Waals surface area contributed by atoms with E-state index in [4.69, 9.17) is 0 Å². The van der Waals surface area contributed by atoms with Crippen LogP contribution in [-0.2, 0) is 41.0 Å². The Hall–Kier alpha value is 0.0643. The van der Waals surface area contributed by atoms with Gasteiger partial charge in [0, 0.05) is 0 Å². The van der Waals surface area contributed by atoms with Gasteiger partial charge in [-0.2, -0.15) is 28.8 Å². The van der Waals surface area contributed by atoms with Crippen molar-refractivity contribution in [3.8, 4) is 0 Å². The SMILES string of the molecule is CCc1c[cH-]c2c1CCCC2.[CH3-].[CH3-].[CH3-].[Ti+4]. The Morgan fingerprint density at radius 1 is 1.13 bits per heavy atom. The summed E-state index contributed by atoms with van der Waals surface area (Å²) in [7, 11) is 0. The van der Waals surface area contributed by atoms with E-state index in [0.717, 1.165) is 0 Å². The van der Waals surface area contributed by atoms with Crippen molar-refractivity contribution in [2.75, 3.05) is 0 Å². The number of rotatable bonds is 1. The molecule has 15 heavy (non-hydrogen) atoms. The summed E-state index contributed by atoms with van der Waals surface area (Å²) in [6, 6.07) is 4.64. The van der Waals surface area contributed by atoms with E-state index in [-0.39, 0.29) is 44.0 Å². The van der Waals surface area contributed by atoms with Gasteiger partial charge in [-0.15, -0.1) is 0 Å². The predicted molar refractivity (Wildman–Crippen MR) is 67.3 cm³/mol. The summed E-state index contributed by atoms with van der Waals surface area (Å²) in [6.07, 6.45) is 6.69. The number of fused-ring (bicyclic) bond motifs is 1. The van der Waals surface area contributed by atoms with E-state index in [2.05, 4.69) is 19.1 Å². The predicted octanol–water partition coefficient (Wildman–Crippen LogP) is 4.20. The molecule has 0 radical (unpaired) electrons. The van der Waals surface area contributed by atoms with Gasteiger partial charge < -0.3 is 22.3 Å². The zero-order valence-electron chi connectivity index (χ0n) is 10.7. The van der Waals surface area contributed by atoms with Crippen molar-refractivity contribution < 1.29 is 21.7 Å². The van der Waals surface area contributed by atoms with Gasteiger partial charge in [-0.05, 0) is 0 Å². The molecule has 0 heterocycles. The average Bonchev–Trinajstić information content (AvgIpc) is 2.47. The summed E-state index contributed by atoms with van der Waals surface area (Å²) < 4.78 is 0. The summed E-state index contributed by atoms with van der Waals surface area (Å²) in [4.78, 5) is 0. The molecule has 0 N–H and O–H groups in total. The van der Waals surface area contributed by atoms with Gasteiger partial charge in [0.25, 0.3) is 0 Å². The van der Waals surface area contributed by atoms with Crippen LogP contribution in [0.5, 0.6) is 0 Å². The normalized spacial score (nSPS) is 12.1. The minimum absolute atomic E-state index is 0. The maximum absolute atomic E-state index is 2.33. The van der Waals surface area contributed by atoms with Crippen LogP contribution >= 0.6 is 0 Å². The van der Waals surface area contributed by atoms with Crippen molar-refractivity contribution in [1.82, 2.24) is 0 Å². The van der Waals surface area contributed by atoms with Gasteiger partial charge >= 0.3 is 21.7 Å². The number of hydrogen-bond donors (Lipinski definition) is 0. The molecule has 1 aliphatic carbocycles. The van der Waals surface area contributed by atoms with Crippen LogP contribution in [-0.4, -0.2) is 0 Å². The van der Waals surface area contributed by atoms with Gasteiger partial charge in [-0.3, -0.25) is 0 Å². The molecule has 1 aromatic carbocycles. The van der Waals surface area contributed by atoms with Crippen molar-refractivity contribution in [3.63, 3.8) is 0 Å². The van der Waals surface area contributed by atoms with Gasteiger partial charge in [0.1, 0.15) is 0 Å². The fourth-order valence-electron chi connectivity index (χ4n) is 2.11. The van der Waals surface area contributed by atoms with Crippen LogP contribution < -0.4 is 0 Å². The monoisotopic (exact) mass is 240 g/mol. The summed E-state index contributed by atoms with van der Waals surface area (Å²) in [5.41, 5.74) is 4.91. The smallest absolute Gasteiger partial charge is 0.358 e. The van der Waals surface area contributed by atoms with Crippen LogP contribution in [0.4, 0.5) is 0 Å². The third-order valence-corrected chi connectivity index (χ3v) is 2.76. The Balaban J connectivity index is -0.000000360. The third kappa shape index (κ3) is 4.20. The molecule has 0 fully saturated rings. The second-order valence-electron chi connectivity index (χ2n) is 3.42. The van der Waals surface area contributed by atoms with E-state index in [1.807, 2.05) is 0 Å². The van der Waals surface area contributed by atoms with Gasteiger partial charge in [-0.1, -0.05) is 39.0 Å². The fraction of sp³-hybridized carbons (Fsp3) is 0.429.